The van der Waals surface area contributed by atoms with Crippen LogP contribution in [0.15, 0.2) is 22.7 Å². The van der Waals surface area contributed by atoms with E-state index in [1.807, 2.05) is 0 Å². The van der Waals surface area contributed by atoms with Crippen LogP contribution >= 0.6 is 15.9 Å². The second-order valence-electron chi connectivity index (χ2n) is 2.63. The Morgan fingerprint density at radius 3 is 2.86 bits per heavy atom. The lowest BCUT2D eigenvalue weighted by Gasteiger charge is -2.09. The smallest absolute Gasteiger partial charge is 0.130 e. The number of ether oxygens (including phenoxy) is 1. The summed E-state index contributed by atoms with van der Waals surface area (Å²) in [6.45, 7) is 0.134. The number of hydrogen-bond acceptors (Lipinski definition) is 3. The molecule has 0 heterocycles. The molecule has 1 rings (SSSR count). The van der Waals surface area contributed by atoms with Gasteiger partial charge in [0.15, 0.2) is 0 Å². The van der Waals surface area contributed by atoms with E-state index in [0.29, 0.717) is 11.3 Å². The number of nitrogens with one attached hydrogen (secondary N) is 1. The Bertz CT molecular complexity index is 342. The number of nitrogens with two attached hydrogens (primary N) is 1. The molecule has 14 heavy (non-hydrogen) atoms. The Morgan fingerprint density at radius 2 is 2.29 bits per heavy atom. The summed E-state index contributed by atoms with van der Waals surface area (Å²) in [5.41, 5.74) is 5.90. The van der Waals surface area contributed by atoms with Gasteiger partial charge in [0.05, 0.1) is 12.2 Å². The third-order valence-electron chi connectivity index (χ3n) is 1.58. The minimum absolute atomic E-state index is 0.0563. The molecule has 0 aliphatic heterocycles. The molecule has 0 atom stereocenters. The maximum absolute atomic E-state index is 8.59. The Hall–Kier alpha value is -1.07. The summed E-state index contributed by atoms with van der Waals surface area (Å²) >= 11 is 3.28. The first kappa shape index (κ1) is 11.0. The maximum Gasteiger partial charge on any atom is 0.130 e. The van der Waals surface area contributed by atoms with E-state index in [4.69, 9.17) is 21.0 Å². The van der Waals surface area contributed by atoms with Gasteiger partial charge in [0.1, 0.15) is 18.2 Å². The minimum Gasteiger partial charge on any atom is -0.490 e. The van der Waals surface area contributed by atoms with Crippen LogP contribution in [0.2, 0.25) is 0 Å². The van der Waals surface area contributed by atoms with Crippen molar-refractivity contribution in [2.75, 3.05) is 13.2 Å². The van der Waals surface area contributed by atoms with Crippen molar-refractivity contribution in [3.8, 4) is 5.75 Å². The van der Waals surface area contributed by atoms with Gasteiger partial charge < -0.3 is 15.6 Å². The average Bonchev–Trinajstić information content (AvgIpc) is 2.15. The molecule has 0 saturated heterocycles. The molecule has 0 aliphatic rings. The number of aliphatic hydroxyl groups is 1. The SMILES string of the molecule is N=C(N)c1cc(Br)ccc1OCCO. The van der Waals surface area contributed by atoms with E-state index in [1.54, 1.807) is 18.2 Å². The van der Waals surface area contributed by atoms with Crippen molar-refractivity contribution in [2.24, 2.45) is 5.73 Å². The quantitative estimate of drug-likeness (QED) is 0.559. The van der Waals surface area contributed by atoms with Gasteiger partial charge in [0, 0.05) is 4.47 Å². The van der Waals surface area contributed by atoms with Crippen LogP contribution in [0.3, 0.4) is 0 Å². The number of hydrogen-bond donors (Lipinski definition) is 3. The van der Waals surface area contributed by atoms with Crippen molar-refractivity contribution >= 4 is 21.8 Å². The number of benzene rings is 1. The van der Waals surface area contributed by atoms with Crippen LogP contribution in [0.25, 0.3) is 0 Å². The fraction of sp³-hybridized carbons (Fsp3) is 0.222. The van der Waals surface area contributed by atoms with Crippen LogP contribution in [-0.4, -0.2) is 24.2 Å². The van der Waals surface area contributed by atoms with Gasteiger partial charge >= 0.3 is 0 Å². The third-order valence-corrected chi connectivity index (χ3v) is 2.07. The highest BCUT2D eigenvalue weighted by Gasteiger charge is 2.06. The Balaban J connectivity index is 2.96. The molecular weight excluding hydrogens is 248 g/mol. The molecule has 0 unspecified atom stereocenters. The van der Waals surface area contributed by atoms with Crippen LogP contribution in [-0.2, 0) is 0 Å². The summed E-state index contributed by atoms with van der Waals surface area (Å²) in [4.78, 5) is 0. The van der Waals surface area contributed by atoms with E-state index in [9.17, 15) is 0 Å². The maximum atomic E-state index is 8.59. The van der Waals surface area contributed by atoms with Gasteiger partial charge in [-0.2, -0.15) is 0 Å². The number of nitrogen functional groups attached to an aromatic ring is 1. The lowest BCUT2D eigenvalue weighted by molar-refractivity contribution is 0.201. The van der Waals surface area contributed by atoms with Gasteiger partial charge in [0.2, 0.25) is 0 Å². The molecule has 0 fully saturated rings. The van der Waals surface area contributed by atoms with E-state index in [0.717, 1.165) is 4.47 Å². The Kier molecular flexibility index (Phi) is 3.91. The summed E-state index contributed by atoms with van der Waals surface area (Å²) < 4.78 is 6.04. The molecule has 4 N–H and O–H groups in total. The molecule has 0 bridgehead atoms. The summed E-state index contributed by atoms with van der Waals surface area (Å²) in [6, 6.07) is 5.20. The van der Waals surface area contributed by atoms with Gasteiger partial charge in [-0.25, -0.2) is 0 Å². The van der Waals surface area contributed by atoms with Crippen LogP contribution in [0.1, 0.15) is 5.56 Å². The van der Waals surface area contributed by atoms with Crippen LogP contribution in [0.4, 0.5) is 0 Å². The topological polar surface area (TPSA) is 79.3 Å². The molecule has 1 aromatic carbocycles. The van der Waals surface area contributed by atoms with Crippen LogP contribution in [0, 0.1) is 5.41 Å². The lowest BCUT2D eigenvalue weighted by Crippen LogP contribution is -2.14. The largest absolute Gasteiger partial charge is 0.490 e. The predicted molar refractivity (Wildman–Crippen MR) is 57.7 cm³/mol. The van der Waals surface area contributed by atoms with Crippen LogP contribution < -0.4 is 10.5 Å². The molecule has 0 spiro atoms. The number of amidine groups is 1. The fourth-order valence-corrected chi connectivity index (χ4v) is 1.36. The first-order chi connectivity index (χ1) is 6.65. The van der Waals surface area contributed by atoms with Crippen molar-refractivity contribution in [3.05, 3.63) is 28.2 Å². The molecule has 0 aromatic heterocycles. The highest BCUT2D eigenvalue weighted by molar-refractivity contribution is 9.10. The van der Waals surface area contributed by atoms with E-state index < -0.39 is 0 Å². The van der Waals surface area contributed by atoms with Gasteiger partial charge in [-0.3, -0.25) is 5.41 Å². The predicted octanol–water partition coefficient (Wildman–Crippen LogP) is 1.10. The zero-order valence-electron chi connectivity index (χ0n) is 7.46. The van der Waals surface area contributed by atoms with Gasteiger partial charge in [0.25, 0.3) is 0 Å². The Labute approximate surface area is 90.3 Å². The summed E-state index contributed by atoms with van der Waals surface area (Å²) in [5.74, 6) is 0.453. The van der Waals surface area contributed by atoms with Crippen LogP contribution in [0.5, 0.6) is 5.75 Å². The molecule has 76 valence electrons. The van der Waals surface area contributed by atoms with Crippen molar-refractivity contribution in [1.29, 1.82) is 5.41 Å². The third kappa shape index (κ3) is 2.71. The number of rotatable bonds is 4. The molecule has 4 nitrogen and oxygen atoms in total. The van der Waals surface area contributed by atoms with E-state index in [-0.39, 0.29) is 19.0 Å². The summed E-state index contributed by atoms with van der Waals surface area (Å²) in [5, 5.41) is 15.9. The minimum atomic E-state index is -0.0621. The van der Waals surface area contributed by atoms with Crippen molar-refractivity contribution in [3.63, 3.8) is 0 Å². The molecular formula is C9H11BrN2O2. The van der Waals surface area contributed by atoms with E-state index in [2.05, 4.69) is 15.9 Å². The standard InChI is InChI=1S/C9H11BrN2O2/c10-6-1-2-8(14-4-3-13)7(5-6)9(11)12/h1-2,5,13H,3-4H2,(H3,11,12). The first-order valence-corrected chi connectivity index (χ1v) is 4.82. The van der Waals surface area contributed by atoms with Crippen molar-refractivity contribution in [2.45, 2.75) is 0 Å². The summed E-state index contributed by atoms with van der Waals surface area (Å²) in [6.07, 6.45) is 0. The van der Waals surface area contributed by atoms with E-state index in [1.165, 1.54) is 0 Å². The van der Waals surface area contributed by atoms with Crippen molar-refractivity contribution in [1.82, 2.24) is 0 Å². The monoisotopic (exact) mass is 258 g/mol. The second-order valence-corrected chi connectivity index (χ2v) is 3.54. The summed E-state index contributed by atoms with van der Waals surface area (Å²) in [7, 11) is 0. The molecule has 0 aliphatic carbocycles. The van der Waals surface area contributed by atoms with Gasteiger partial charge in [-0.05, 0) is 18.2 Å². The fourth-order valence-electron chi connectivity index (χ4n) is 0.994. The normalized spacial score (nSPS) is 9.86. The Morgan fingerprint density at radius 1 is 1.57 bits per heavy atom. The second kappa shape index (κ2) is 4.97. The molecule has 5 heteroatoms. The van der Waals surface area contributed by atoms with Gasteiger partial charge in [-0.15, -0.1) is 0 Å². The number of halogens is 1. The molecule has 0 amide bonds. The lowest BCUT2D eigenvalue weighted by atomic mass is 10.2. The number of aliphatic hydroxyl groups excluding tert-OH is 1. The molecule has 0 radical (unpaired) electrons. The van der Waals surface area contributed by atoms with E-state index >= 15 is 0 Å². The highest BCUT2D eigenvalue weighted by Crippen LogP contribution is 2.22. The zero-order valence-corrected chi connectivity index (χ0v) is 9.04. The molecule has 1 aromatic rings. The van der Waals surface area contributed by atoms with Gasteiger partial charge in [-0.1, -0.05) is 15.9 Å². The highest BCUT2D eigenvalue weighted by atomic mass is 79.9. The van der Waals surface area contributed by atoms with Crippen molar-refractivity contribution < 1.29 is 9.84 Å². The average molecular weight is 259 g/mol. The first-order valence-electron chi connectivity index (χ1n) is 4.02. The zero-order chi connectivity index (χ0) is 10.6. The molecule has 0 saturated carbocycles.